The van der Waals surface area contributed by atoms with Crippen LogP contribution in [-0.4, -0.2) is 44.7 Å². The number of rotatable bonds is 8. The van der Waals surface area contributed by atoms with E-state index in [0.717, 1.165) is 11.1 Å². The van der Waals surface area contributed by atoms with Crippen molar-refractivity contribution >= 4 is 18.0 Å². The molecule has 154 valence electrons. The first-order chi connectivity index (χ1) is 13.8. The molecule has 0 saturated carbocycles. The first-order valence-electron chi connectivity index (χ1n) is 9.21. The Bertz CT molecular complexity index is 904. The molecule has 0 atom stereocenters. The lowest BCUT2D eigenvalue weighted by Crippen LogP contribution is -2.30. The summed E-state index contributed by atoms with van der Waals surface area (Å²) in [5.41, 5.74) is 4.02. The maximum Gasteiger partial charge on any atom is 0.331 e. The highest BCUT2D eigenvalue weighted by molar-refractivity contribution is 5.89. The average molecular weight is 397 g/mol. The monoisotopic (exact) mass is 397 g/mol. The van der Waals surface area contributed by atoms with E-state index >= 15 is 0 Å². The zero-order valence-corrected chi connectivity index (χ0v) is 17.5. The third-order valence-electron chi connectivity index (χ3n) is 4.51. The molecule has 0 aromatic heterocycles. The fourth-order valence-corrected chi connectivity index (χ4v) is 2.79. The number of aryl methyl sites for hydroxylation is 2. The number of likely N-dealkylation sites (N-methyl/N-ethyl adjacent to an activating group) is 1. The summed E-state index contributed by atoms with van der Waals surface area (Å²) < 4.78 is 15.5. The molecule has 0 spiro atoms. The van der Waals surface area contributed by atoms with E-state index in [1.54, 1.807) is 50.4 Å². The minimum Gasteiger partial charge on any atom is -0.497 e. The van der Waals surface area contributed by atoms with E-state index in [0.29, 0.717) is 23.6 Å². The first-order valence-corrected chi connectivity index (χ1v) is 9.21. The van der Waals surface area contributed by atoms with Gasteiger partial charge in [-0.25, -0.2) is 4.79 Å². The summed E-state index contributed by atoms with van der Waals surface area (Å²) >= 11 is 0. The van der Waals surface area contributed by atoms with Crippen LogP contribution in [0.15, 0.2) is 42.5 Å². The zero-order valence-electron chi connectivity index (χ0n) is 17.5. The molecule has 0 aliphatic carbocycles. The molecule has 6 heteroatoms. The van der Waals surface area contributed by atoms with Crippen molar-refractivity contribution in [1.29, 1.82) is 0 Å². The maximum absolute atomic E-state index is 12.3. The summed E-state index contributed by atoms with van der Waals surface area (Å²) in [4.78, 5) is 25.8. The van der Waals surface area contributed by atoms with Gasteiger partial charge in [0.2, 0.25) is 0 Å². The number of hydrogen-bond donors (Lipinski definition) is 0. The number of amides is 1. The third kappa shape index (κ3) is 6.38. The highest BCUT2D eigenvalue weighted by atomic mass is 16.5. The van der Waals surface area contributed by atoms with E-state index in [9.17, 15) is 9.59 Å². The summed E-state index contributed by atoms with van der Waals surface area (Å²) in [5.74, 6) is 0.356. The molecule has 0 saturated heterocycles. The van der Waals surface area contributed by atoms with Gasteiger partial charge in [-0.2, -0.15) is 0 Å². The predicted molar refractivity (Wildman–Crippen MR) is 112 cm³/mol. The fraction of sp³-hybridized carbons (Fsp3) is 0.304. The minimum atomic E-state index is -0.608. The molecule has 0 N–H and O–H groups in total. The smallest absolute Gasteiger partial charge is 0.331 e. The minimum absolute atomic E-state index is 0.273. The first kappa shape index (κ1) is 22.0. The molecule has 0 radical (unpaired) electrons. The van der Waals surface area contributed by atoms with Gasteiger partial charge in [0, 0.05) is 25.2 Å². The van der Waals surface area contributed by atoms with Crippen molar-refractivity contribution in [2.24, 2.45) is 0 Å². The summed E-state index contributed by atoms with van der Waals surface area (Å²) in [7, 11) is 4.79. The van der Waals surface area contributed by atoms with Crippen LogP contribution in [0.1, 0.15) is 22.3 Å². The molecule has 1 amide bonds. The second kappa shape index (κ2) is 10.3. The molecule has 0 aliphatic rings. The largest absolute Gasteiger partial charge is 0.497 e. The van der Waals surface area contributed by atoms with Crippen molar-refractivity contribution in [2.45, 2.75) is 20.4 Å². The molecule has 0 fully saturated rings. The van der Waals surface area contributed by atoms with Crippen LogP contribution >= 0.6 is 0 Å². The van der Waals surface area contributed by atoms with Crippen LogP contribution < -0.4 is 9.47 Å². The summed E-state index contributed by atoms with van der Waals surface area (Å²) in [6.07, 6.45) is 2.82. The molecule has 2 aromatic carbocycles. The second-order valence-corrected chi connectivity index (χ2v) is 6.73. The lowest BCUT2D eigenvalue weighted by molar-refractivity contribution is -0.147. The van der Waals surface area contributed by atoms with Gasteiger partial charge in [0.15, 0.2) is 6.61 Å². The number of benzene rings is 2. The lowest BCUT2D eigenvalue weighted by atomic mass is 10.1. The molecule has 0 heterocycles. The Balaban J connectivity index is 1.91. The van der Waals surface area contributed by atoms with Gasteiger partial charge in [0.25, 0.3) is 5.91 Å². The highest BCUT2D eigenvalue weighted by Crippen LogP contribution is 2.25. The highest BCUT2D eigenvalue weighted by Gasteiger charge is 2.13. The van der Waals surface area contributed by atoms with Gasteiger partial charge in [-0.1, -0.05) is 23.8 Å². The molecule has 0 aliphatic heterocycles. The number of methoxy groups -OCH3 is 2. The molecule has 0 bridgehead atoms. The predicted octanol–water partition coefficient (Wildman–Crippen LogP) is 3.54. The van der Waals surface area contributed by atoms with Crippen molar-refractivity contribution in [3.05, 3.63) is 64.7 Å². The van der Waals surface area contributed by atoms with Gasteiger partial charge in [0.05, 0.1) is 14.2 Å². The topological polar surface area (TPSA) is 65.1 Å². The van der Waals surface area contributed by atoms with E-state index in [1.807, 2.05) is 26.0 Å². The van der Waals surface area contributed by atoms with E-state index in [-0.39, 0.29) is 12.5 Å². The van der Waals surface area contributed by atoms with Crippen LogP contribution in [0.3, 0.4) is 0 Å². The van der Waals surface area contributed by atoms with Gasteiger partial charge in [0.1, 0.15) is 11.5 Å². The van der Waals surface area contributed by atoms with E-state index in [2.05, 4.69) is 6.07 Å². The van der Waals surface area contributed by atoms with Gasteiger partial charge in [-0.3, -0.25) is 4.79 Å². The number of carbonyl (C=O) groups is 2. The van der Waals surface area contributed by atoms with Crippen LogP contribution in [-0.2, 0) is 20.9 Å². The zero-order chi connectivity index (χ0) is 21.4. The van der Waals surface area contributed by atoms with Gasteiger partial charge in [-0.15, -0.1) is 0 Å². The number of hydrogen-bond acceptors (Lipinski definition) is 5. The summed E-state index contributed by atoms with van der Waals surface area (Å²) in [6, 6.07) is 11.3. The number of carbonyl (C=O) groups excluding carboxylic acids is 2. The van der Waals surface area contributed by atoms with E-state index < -0.39 is 5.97 Å². The molecular formula is C23H27NO5. The quantitative estimate of drug-likeness (QED) is 0.504. The van der Waals surface area contributed by atoms with E-state index in [4.69, 9.17) is 14.2 Å². The third-order valence-corrected chi connectivity index (χ3v) is 4.51. The van der Waals surface area contributed by atoms with Crippen LogP contribution in [0.2, 0.25) is 0 Å². The van der Waals surface area contributed by atoms with Crippen molar-refractivity contribution in [1.82, 2.24) is 4.90 Å². The Hall–Kier alpha value is -3.28. The fourth-order valence-electron chi connectivity index (χ4n) is 2.79. The second-order valence-electron chi connectivity index (χ2n) is 6.73. The molecule has 29 heavy (non-hydrogen) atoms. The van der Waals surface area contributed by atoms with Crippen LogP contribution in [0, 0.1) is 13.8 Å². The van der Waals surface area contributed by atoms with Crippen molar-refractivity contribution in [3.63, 3.8) is 0 Å². The normalized spacial score (nSPS) is 10.7. The SMILES string of the molecule is COc1ccc(OC)c(/C=C/C(=O)OCC(=O)N(C)Cc2ccc(C)cc2C)c1. The van der Waals surface area contributed by atoms with Crippen molar-refractivity contribution in [3.8, 4) is 11.5 Å². The molecule has 0 unspecified atom stereocenters. The Morgan fingerprint density at radius 2 is 1.79 bits per heavy atom. The van der Waals surface area contributed by atoms with Crippen LogP contribution in [0.5, 0.6) is 11.5 Å². The molecular weight excluding hydrogens is 370 g/mol. The molecule has 2 rings (SSSR count). The number of nitrogens with zero attached hydrogens (tertiary/aromatic N) is 1. The Labute approximate surface area is 171 Å². The van der Waals surface area contributed by atoms with Crippen LogP contribution in [0.25, 0.3) is 6.08 Å². The summed E-state index contributed by atoms with van der Waals surface area (Å²) in [6.45, 7) is 4.18. The van der Waals surface area contributed by atoms with Crippen molar-refractivity contribution < 1.29 is 23.8 Å². The standard InChI is InChI=1S/C23H27NO5/c1-16-6-7-19(17(2)12-16)14-24(3)22(25)15-29-23(26)11-8-18-13-20(27-4)9-10-21(18)28-5/h6-13H,14-15H2,1-5H3/b11-8+. The molecule has 6 nitrogen and oxygen atoms in total. The van der Waals surface area contributed by atoms with Gasteiger partial charge < -0.3 is 19.1 Å². The van der Waals surface area contributed by atoms with Crippen molar-refractivity contribution in [2.75, 3.05) is 27.9 Å². The van der Waals surface area contributed by atoms with Gasteiger partial charge in [-0.05, 0) is 49.2 Å². The number of ether oxygens (including phenoxy) is 3. The average Bonchev–Trinajstić information content (AvgIpc) is 2.71. The number of esters is 1. The maximum atomic E-state index is 12.3. The Morgan fingerprint density at radius 1 is 1.03 bits per heavy atom. The van der Waals surface area contributed by atoms with E-state index in [1.165, 1.54) is 11.6 Å². The summed E-state index contributed by atoms with van der Waals surface area (Å²) in [5, 5.41) is 0. The van der Waals surface area contributed by atoms with Gasteiger partial charge >= 0.3 is 5.97 Å². The lowest BCUT2D eigenvalue weighted by Gasteiger charge is -2.18. The Kier molecular flexibility index (Phi) is 7.83. The van der Waals surface area contributed by atoms with Crippen LogP contribution in [0.4, 0.5) is 0 Å². The Morgan fingerprint density at radius 3 is 2.45 bits per heavy atom. The molecule has 2 aromatic rings.